The minimum Gasteiger partial charge on any atom is -0.493 e. The van der Waals surface area contributed by atoms with Crippen molar-refractivity contribution < 1.29 is 29.2 Å². The number of aliphatic hydroxyl groups excluding tert-OH is 2. The Morgan fingerprint density at radius 3 is 2.56 bits per heavy atom. The van der Waals surface area contributed by atoms with Gasteiger partial charge in [0.1, 0.15) is 12.2 Å². The summed E-state index contributed by atoms with van der Waals surface area (Å²) in [5, 5.41) is 24.4. The molecule has 3 N–H and O–H groups in total. The van der Waals surface area contributed by atoms with Gasteiger partial charge in [-0.2, -0.15) is 0 Å². The summed E-state index contributed by atoms with van der Waals surface area (Å²) < 4.78 is 16.6. The highest BCUT2D eigenvalue weighted by atomic mass is 16.6. The van der Waals surface area contributed by atoms with Crippen LogP contribution in [0.3, 0.4) is 0 Å². The Labute approximate surface area is 191 Å². The molecule has 0 unspecified atom stereocenters. The topological polar surface area (TPSA) is 104 Å². The van der Waals surface area contributed by atoms with Gasteiger partial charge in [0.2, 0.25) is 0 Å². The summed E-state index contributed by atoms with van der Waals surface area (Å²) >= 11 is 0. The molecule has 1 fully saturated rings. The molecule has 0 aromatic heterocycles. The first kappa shape index (κ1) is 26.2. The molecule has 0 radical (unpaired) electrons. The minimum atomic E-state index is -0.838. The second-order valence-electron chi connectivity index (χ2n) is 9.47. The number of carbonyl (C=O) groups is 1. The molecule has 2 rings (SSSR count). The van der Waals surface area contributed by atoms with Crippen molar-refractivity contribution in [1.29, 1.82) is 0 Å². The van der Waals surface area contributed by atoms with Gasteiger partial charge in [0.15, 0.2) is 11.5 Å². The molecule has 1 aromatic rings. The van der Waals surface area contributed by atoms with Crippen molar-refractivity contribution in [2.45, 2.75) is 57.6 Å². The fourth-order valence-electron chi connectivity index (χ4n) is 3.43. The third-order valence-corrected chi connectivity index (χ3v) is 5.07. The molecule has 1 aliphatic heterocycles. The summed E-state index contributed by atoms with van der Waals surface area (Å²) in [5.74, 6) is 1.32. The van der Waals surface area contributed by atoms with Crippen LogP contribution in [0, 0.1) is 0 Å². The molecule has 0 saturated carbocycles. The van der Waals surface area contributed by atoms with Crippen molar-refractivity contribution >= 4 is 6.09 Å². The zero-order chi connectivity index (χ0) is 23.9. The number of nitrogens with one attached hydrogen (secondary N) is 1. The number of rotatable bonds is 8. The Morgan fingerprint density at radius 1 is 1.22 bits per heavy atom. The highest BCUT2D eigenvalue weighted by molar-refractivity contribution is 5.68. The number of hydrogen-bond donors (Lipinski definition) is 3. The molecule has 9 nitrogen and oxygen atoms in total. The number of likely N-dealkylation sites (tertiary alicyclic amines) is 1. The van der Waals surface area contributed by atoms with E-state index in [-0.39, 0.29) is 19.1 Å². The molecular weight excluding hydrogens is 414 g/mol. The number of methoxy groups -OCH3 is 1. The maximum atomic E-state index is 12.4. The van der Waals surface area contributed by atoms with Gasteiger partial charge in [-0.3, -0.25) is 0 Å². The molecule has 9 heteroatoms. The first-order chi connectivity index (χ1) is 15.0. The van der Waals surface area contributed by atoms with E-state index in [0.717, 1.165) is 12.1 Å². The number of nitrogens with zero attached hydrogens (tertiary/aromatic N) is 2. The second-order valence-corrected chi connectivity index (χ2v) is 9.47. The van der Waals surface area contributed by atoms with E-state index < -0.39 is 23.9 Å². The summed E-state index contributed by atoms with van der Waals surface area (Å²) in [4.78, 5) is 15.8. The number of amides is 1. The summed E-state index contributed by atoms with van der Waals surface area (Å²) in [5.41, 5.74) is 0.315. The Morgan fingerprint density at radius 2 is 1.94 bits per heavy atom. The lowest BCUT2D eigenvalue weighted by Gasteiger charge is -2.28. The van der Waals surface area contributed by atoms with Crippen molar-refractivity contribution in [3.8, 4) is 11.5 Å². The third kappa shape index (κ3) is 8.46. The third-order valence-electron chi connectivity index (χ3n) is 5.07. The molecular formula is C23H39N3O6. The lowest BCUT2D eigenvalue weighted by atomic mass is 10.0. The quantitative estimate of drug-likeness (QED) is 0.544. The Bertz CT molecular complexity index is 737. The predicted octanol–water partition coefficient (Wildman–Crippen LogP) is 1.46. The van der Waals surface area contributed by atoms with E-state index in [4.69, 9.17) is 14.2 Å². The zero-order valence-electron chi connectivity index (χ0n) is 20.1. The molecule has 182 valence electrons. The van der Waals surface area contributed by atoms with E-state index in [9.17, 15) is 15.0 Å². The normalized spacial score (nSPS) is 21.9. The standard InChI is InChI=1S/C23H39N3O6/c1-23(2,3)32-22(29)26-14-17(27)12-18(19(28)15-26)24-13-16-7-8-20(21(11-16)30-6)31-10-9-25(4)5/h7-8,11,17-19,24,27-28H,9-10,12-15H2,1-6H3/t17-,18-,19-/m1/s1. The summed E-state index contributed by atoms with van der Waals surface area (Å²) in [6, 6.07) is 5.32. The molecule has 0 aliphatic carbocycles. The summed E-state index contributed by atoms with van der Waals surface area (Å²) in [6.45, 7) is 7.39. The molecule has 0 bridgehead atoms. The van der Waals surface area contributed by atoms with E-state index >= 15 is 0 Å². The van der Waals surface area contributed by atoms with Gasteiger partial charge in [-0.1, -0.05) is 6.07 Å². The molecule has 1 heterocycles. The van der Waals surface area contributed by atoms with Crippen LogP contribution in [0.15, 0.2) is 18.2 Å². The predicted molar refractivity (Wildman–Crippen MR) is 122 cm³/mol. The van der Waals surface area contributed by atoms with Gasteiger partial charge in [0.05, 0.1) is 32.4 Å². The van der Waals surface area contributed by atoms with Gasteiger partial charge in [0.25, 0.3) is 0 Å². The van der Waals surface area contributed by atoms with Crippen LogP contribution in [0.25, 0.3) is 0 Å². The Balaban J connectivity index is 1.97. The van der Waals surface area contributed by atoms with E-state index in [1.807, 2.05) is 37.2 Å². The highest BCUT2D eigenvalue weighted by Gasteiger charge is 2.33. The molecule has 0 spiro atoms. The van der Waals surface area contributed by atoms with Crippen LogP contribution in [0.5, 0.6) is 11.5 Å². The van der Waals surface area contributed by atoms with Crippen LogP contribution in [0.2, 0.25) is 0 Å². The fourth-order valence-corrected chi connectivity index (χ4v) is 3.43. The van der Waals surface area contributed by atoms with Crippen LogP contribution in [0.4, 0.5) is 4.79 Å². The Hall–Kier alpha value is -2.07. The second kappa shape index (κ2) is 11.7. The maximum absolute atomic E-state index is 12.4. The smallest absolute Gasteiger partial charge is 0.410 e. The SMILES string of the molecule is COc1cc(CN[C@@H]2C[C@@H](O)CN(C(=O)OC(C)(C)C)C[C@H]2O)ccc1OCCN(C)C. The van der Waals surface area contributed by atoms with E-state index in [0.29, 0.717) is 31.1 Å². The monoisotopic (exact) mass is 453 g/mol. The number of β-amino-alcohol motifs (C(OH)–C–C–N with tert-alkyl or cyclic N) is 2. The van der Waals surface area contributed by atoms with Crippen molar-refractivity contribution in [2.24, 2.45) is 0 Å². The lowest BCUT2D eigenvalue weighted by Crippen LogP contribution is -2.46. The first-order valence-electron chi connectivity index (χ1n) is 11.0. The zero-order valence-corrected chi connectivity index (χ0v) is 20.1. The molecule has 1 aromatic carbocycles. The maximum Gasteiger partial charge on any atom is 0.410 e. The number of likely N-dealkylation sites (N-methyl/N-ethyl adjacent to an activating group) is 1. The number of carbonyl (C=O) groups excluding carboxylic acids is 1. The van der Waals surface area contributed by atoms with Gasteiger partial charge >= 0.3 is 6.09 Å². The van der Waals surface area contributed by atoms with Crippen LogP contribution < -0.4 is 14.8 Å². The molecule has 3 atom stereocenters. The first-order valence-corrected chi connectivity index (χ1v) is 11.0. The van der Waals surface area contributed by atoms with E-state index in [1.165, 1.54) is 4.90 Å². The van der Waals surface area contributed by atoms with Gasteiger partial charge in [-0.15, -0.1) is 0 Å². The van der Waals surface area contributed by atoms with Crippen LogP contribution in [-0.2, 0) is 11.3 Å². The summed E-state index contributed by atoms with van der Waals surface area (Å²) in [6.07, 6.45) is -1.82. The average molecular weight is 454 g/mol. The van der Waals surface area contributed by atoms with Crippen LogP contribution >= 0.6 is 0 Å². The fraction of sp³-hybridized carbons (Fsp3) is 0.696. The molecule has 1 aliphatic rings. The van der Waals surface area contributed by atoms with Crippen molar-refractivity contribution in [3.05, 3.63) is 23.8 Å². The van der Waals surface area contributed by atoms with Gasteiger partial charge in [-0.05, 0) is 59.0 Å². The highest BCUT2D eigenvalue weighted by Crippen LogP contribution is 2.28. The number of hydrogen-bond acceptors (Lipinski definition) is 8. The lowest BCUT2D eigenvalue weighted by molar-refractivity contribution is 0.0104. The summed E-state index contributed by atoms with van der Waals surface area (Å²) in [7, 11) is 5.57. The van der Waals surface area contributed by atoms with Crippen LogP contribution in [0.1, 0.15) is 32.8 Å². The van der Waals surface area contributed by atoms with Crippen LogP contribution in [-0.4, -0.2) is 97.4 Å². The van der Waals surface area contributed by atoms with Crippen molar-refractivity contribution in [2.75, 3.05) is 47.4 Å². The molecule has 1 amide bonds. The number of ether oxygens (including phenoxy) is 3. The van der Waals surface area contributed by atoms with Crippen molar-refractivity contribution in [1.82, 2.24) is 15.1 Å². The molecule has 32 heavy (non-hydrogen) atoms. The van der Waals surface area contributed by atoms with Gasteiger partial charge in [-0.25, -0.2) is 4.79 Å². The van der Waals surface area contributed by atoms with Crippen molar-refractivity contribution in [3.63, 3.8) is 0 Å². The van der Waals surface area contributed by atoms with Gasteiger partial charge in [0, 0.05) is 19.1 Å². The molecule has 1 saturated heterocycles. The average Bonchev–Trinajstić information content (AvgIpc) is 2.83. The number of aliphatic hydroxyl groups is 2. The van der Waals surface area contributed by atoms with E-state index in [1.54, 1.807) is 27.9 Å². The van der Waals surface area contributed by atoms with Gasteiger partial charge < -0.3 is 39.5 Å². The van der Waals surface area contributed by atoms with E-state index in [2.05, 4.69) is 5.32 Å². The number of benzene rings is 1. The minimum absolute atomic E-state index is 0.0889. The largest absolute Gasteiger partial charge is 0.493 e. The Kier molecular flexibility index (Phi) is 9.57.